The number of benzene rings is 1. The molecule has 27 heavy (non-hydrogen) atoms. The van der Waals surface area contributed by atoms with Gasteiger partial charge in [0, 0.05) is 11.4 Å². The summed E-state index contributed by atoms with van der Waals surface area (Å²) in [7, 11) is 0. The van der Waals surface area contributed by atoms with Gasteiger partial charge in [0.2, 0.25) is 0 Å². The Bertz CT molecular complexity index is 697. The number of halogens is 1. The molecule has 0 aliphatic carbocycles. The normalized spacial score (nSPS) is 15.3. The molecule has 1 aromatic heterocycles. The van der Waals surface area contributed by atoms with E-state index in [4.69, 9.17) is 23.8 Å². The second kappa shape index (κ2) is 11.0. The number of hydrogen-bond donors (Lipinski definition) is 1. The van der Waals surface area contributed by atoms with Crippen LogP contribution in [0, 0.1) is 0 Å². The number of rotatable bonds is 7. The Morgan fingerprint density at radius 1 is 1.11 bits per heavy atom. The quantitative estimate of drug-likeness (QED) is 0.563. The van der Waals surface area contributed by atoms with E-state index in [2.05, 4.69) is 32.6 Å². The molecule has 0 unspecified atom stereocenters. The summed E-state index contributed by atoms with van der Waals surface area (Å²) in [6, 6.07) is 12.0. The molecule has 0 atom stereocenters. The number of nitrogens with zero attached hydrogens (tertiary/aromatic N) is 2. The number of likely N-dealkylation sites (tertiary alicyclic amines) is 1. The highest BCUT2D eigenvalue weighted by molar-refractivity contribution is 7.80. The monoisotopic (exact) mass is 421 g/mol. The summed E-state index contributed by atoms with van der Waals surface area (Å²) in [5.41, 5.74) is 0.868. The van der Waals surface area contributed by atoms with Crippen molar-refractivity contribution in [2.24, 2.45) is 0 Å². The van der Waals surface area contributed by atoms with E-state index >= 15 is 0 Å². The molecule has 3 nitrogen and oxygen atoms in total. The van der Waals surface area contributed by atoms with Gasteiger partial charge in [-0.1, -0.05) is 42.6 Å². The minimum atomic E-state index is 0.695. The molecule has 0 saturated carbocycles. The lowest BCUT2D eigenvalue weighted by Gasteiger charge is -2.27. The van der Waals surface area contributed by atoms with Crippen LogP contribution in [0.3, 0.4) is 0 Å². The van der Waals surface area contributed by atoms with Crippen molar-refractivity contribution < 1.29 is 0 Å². The molecule has 0 radical (unpaired) electrons. The van der Waals surface area contributed by atoms with Crippen LogP contribution in [0.1, 0.15) is 37.0 Å². The van der Waals surface area contributed by atoms with Gasteiger partial charge in [0.05, 0.1) is 17.3 Å². The fourth-order valence-electron chi connectivity index (χ4n) is 3.44. The Balaban J connectivity index is 1.58. The van der Waals surface area contributed by atoms with Gasteiger partial charge >= 0.3 is 0 Å². The lowest BCUT2D eigenvalue weighted by molar-refractivity contribution is 0.266. The number of thiophene rings is 1. The highest BCUT2D eigenvalue weighted by atomic mass is 35.5. The van der Waals surface area contributed by atoms with Crippen LogP contribution in [-0.2, 0) is 6.54 Å². The molecule has 1 aromatic carbocycles. The summed E-state index contributed by atoms with van der Waals surface area (Å²) in [6.07, 6.45) is 6.56. The van der Waals surface area contributed by atoms with Crippen LogP contribution in [0.5, 0.6) is 0 Å². The average molecular weight is 422 g/mol. The van der Waals surface area contributed by atoms with Gasteiger partial charge in [-0.3, -0.25) is 0 Å². The SMILES string of the molecule is S=C(Nc1ccccc1Cl)N(CCCN1CCCCCC1)Cc1cccs1. The van der Waals surface area contributed by atoms with E-state index in [-0.39, 0.29) is 0 Å². The topological polar surface area (TPSA) is 18.5 Å². The third-order valence-corrected chi connectivity index (χ3v) is 6.48. The van der Waals surface area contributed by atoms with Crippen molar-refractivity contribution in [3.8, 4) is 0 Å². The first-order valence-corrected chi connectivity index (χ1v) is 11.4. The zero-order valence-corrected chi connectivity index (χ0v) is 18.1. The Labute approximate surface area is 177 Å². The summed E-state index contributed by atoms with van der Waals surface area (Å²) in [6.45, 7) is 5.43. The van der Waals surface area contributed by atoms with Crippen LogP contribution in [0.4, 0.5) is 5.69 Å². The predicted molar refractivity (Wildman–Crippen MR) is 122 cm³/mol. The van der Waals surface area contributed by atoms with Gasteiger partial charge < -0.3 is 15.1 Å². The number of thiocarbonyl (C=S) groups is 1. The molecule has 1 saturated heterocycles. The third kappa shape index (κ3) is 6.75. The van der Waals surface area contributed by atoms with Gasteiger partial charge in [-0.05, 0) is 74.7 Å². The molecule has 146 valence electrons. The Morgan fingerprint density at radius 2 is 1.89 bits per heavy atom. The van der Waals surface area contributed by atoms with Crippen molar-refractivity contribution in [2.45, 2.75) is 38.6 Å². The number of para-hydroxylation sites is 1. The molecule has 2 aromatic rings. The van der Waals surface area contributed by atoms with Crippen molar-refractivity contribution in [1.82, 2.24) is 9.80 Å². The predicted octanol–water partition coefficient (Wildman–Crippen LogP) is 5.87. The summed E-state index contributed by atoms with van der Waals surface area (Å²) in [5, 5.41) is 6.90. The second-order valence-corrected chi connectivity index (χ2v) is 8.85. The molecule has 1 N–H and O–H groups in total. The van der Waals surface area contributed by atoms with Crippen LogP contribution in [0.15, 0.2) is 41.8 Å². The lowest BCUT2D eigenvalue weighted by atomic mass is 10.2. The van der Waals surface area contributed by atoms with E-state index in [1.54, 1.807) is 11.3 Å². The van der Waals surface area contributed by atoms with Crippen LogP contribution in [0.25, 0.3) is 0 Å². The molecule has 0 spiro atoms. The first-order chi connectivity index (χ1) is 13.2. The molecule has 0 amide bonds. The molecule has 2 heterocycles. The van der Waals surface area contributed by atoms with Crippen LogP contribution < -0.4 is 5.32 Å². The van der Waals surface area contributed by atoms with E-state index < -0.39 is 0 Å². The van der Waals surface area contributed by atoms with Crippen molar-refractivity contribution in [2.75, 3.05) is 31.5 Å². The lowest BCUT2D eigenvalue weighted by Crippen LogP contribution is -2.36. The molecule has 1 aliphatic rings. The summed E-state index contributed by atoms with van der Waals surface area (Å²) in [4.78, 5) is 6.21. The van der Waals surface area contributed by atoms with Crippen LogP contribution >= 0.6 is 35.2 Å². The Hall–Kier alpha value is -1.14. The maximum absolute atomic E-state index is 6.29. The van der Waals surface area contributed by atoms with Gasteiger partial charge in [0.15, 0.2) is 5.11 Å². The minimum absolute atomic E-state index is 0.695. The molecular formula is C21H28ClN3S2. The highest BCUT2D eigenvalue weighted by Gasteiger charge is 2.14. The maximum Gasteiger partial charge on any atom is 0.173 e. The van der Waals surface area contributed by atoms with Crippen molar-refractivity contribution >= 4 is 46.0 Å². The fourth-order valence-corrected chi connectivity index (χ4v) is 4.61. The first kappa shape index (κ1) is 20.6. The fraction of sp³-hybridized carbons (Fsp3) is 0.476. The minimum Gasteiger partial charge on any atom is -0.344 e. The molecule has 3 rings (SSSR count). The second-order valence-electron chi connectivity index (χ2n) is 7.02. The third-order valence-electron chi connectivity index (χ3n) is 4.93. The molecule has 0 bridgehead atoms. The van der Waals surface area contributed by atoms with Gasteiger partial charge in [-0.15, -0.1) is 11.3 Å². The number of nitrogens with one attached hydrogen (secondary N) is 1. The molecule has 6 heteroatoms. The van der Waals surface area contributed by atoms with Crippen LogP contribution in [0.2, 0.25) is 5.02 Å². The zero-order chi connectivity index (χ0) is 18.9. The number of anilines is 1. The van der Waals surface area contributed by atoms with Gasteiger partial charge in [-0.25, -0.2) is 0 Å². The van der Waals surface area contributed by atoms with Crippen molar-refractivity contribution in [3.05, 3.63) is 51.7 Å². The highest BCUT2D eigenvalue weighted by Crippen LogP contribution is 2.22. The molecule has 1 fully saturated rings. The van der Waals surface area contributed by atoms with E-state index in [0.29, 0.717) is 5.02 Å². The molecule has 1 aliphatic heterocycles. The van der Waals surface area contributed by atoms with E-state index in [1.807, 2.05) is 24.3 Å². The zero-order valence-electron chi connectivity index (χ0n) is 15.7. The average Bonchev–Trinajstić information content (AvgIpc) is 3.04. The summed E-state index contributed by atoms with van der Waals surface area (Å²) >= 11 is 13.8. The van der Waals surface area contributed by atoms with E-state index in [1.165, 1.54) is 43.6 Å². The maximum atomic E-state index is 6.29. The standard InChI is InChI=1S/C21H28ClN3S2/c22-19-10-3-4-11-20(19)23-21(26)25(17-18-9-7-16-27-18)15-8-14-24-12-5-1-2-6-13-24/h3-4,7,9-11,16H,1-2,5-6,8,12-15,17H2,(H,23,26). The van der Waals surface area contributed by atoms with Gasteiger partial charge in [-0.2, -0.15) is 0 Å². The molecular weight excluding hydrogens is 394 g/mol. The van der Waals surface area contributed by atoms with Crippen molar-refractivity contribution in [1.29, 1.82) is 0 Å². The van der Waals surface area contributed by atoms with Crippen molar-refractivity contribution in [3.63, 3.8) is 0 Å². The first-order valence-electron chi connectivity index (χ1n) is 9.77. The van der Waals surface area contributed by atoms with Crippen LogP contribution in [-0.4, -0.2) is 41.1 Å². The van der Waals surface area contributed by atoms with E-state index in [9.17, 15) is 0 Å². The largest absolute Gasteiger partial charge is 0.344 e. The van der Waals surface area contributed by atoms with Gasteiger partial charge in [0.1, 0.15) is 0 Å². The Morgan fingerprint density at radius 3 is 2.59 bits per heavy atom. The Kier molecular flexibility index (Phi) is 8.39. The van der Waals surface area contributed by atoms with Gasteiger partial charge in [0.25, 0.3) is 0 Å². The summed E-state index contributed by atoms with van der Waals surface area (Å²) in [5.74, 6) is 0. The summed E-state index contributed by atoms with van der Waals surface area (Å²) < 4.78 is 0. The number of hydrogen-bond acceptors (Lipinski definition) is 3. The smallest absolute Gasteiger partial charge is 0.173 e. The van der Waals surface area contributed by atoms with E-state index in [0.717, 1.165) is 36.9 Å².